The number of hydrogen-bond acceptors (Lipinski definition) is 4. The van der Waals surface area contributed by atoms with Gasteiger partial charge in [0.05, 0.1) is 17.8 Å². The van der Waals surface area contributed by atoms with E-state index < -0.39 is 0 Å². The quantitative estimate of drug-likeness (QED) is 0.789. The van der Waals surface area contributed by atoms with E-state index in [-0.39, 0.29) is 5.54 Å². The fourth-order valence-corrected chi connectivity index (χ4v) is 2.27. The van der Waals surface area contributed by atoms with E-state index in [9.17, 15) is 0 Å². The minimum absolute atomic E-state index is 0.0876. The van der Waals surface area contributed by atoms with Crippen LogP contribution < -0.4 is 5.32 Å². The second kappa shape index (κ2) is 3.27. The van der Waals surface area contributed by atoms with E-state index >= 15 is 0 Å². The number of ether oxygens (including phenoxy) is 1. The molecule has 2 heterocycles. The highest BCUT2D eigenvalue weighted by molar-refractivity contribution is 7.13. The van der Waals surface area contributed by atoms with E-state index in [4.69, 9.17) is 4.74 Å². The van der Waals surface area contributed by atoms with Crippen molar-refractivity contribution in [3.05, 3.63) is 11.1 Å². The van der Waals surface area contributed by atoms with Crippen LogP contribution in [0.3, 0.4) is 0 Å². The van der Waals surface area contributed by atoms with Crippen LogP contribution in [-0.4, -0.2) is 23.7 Å². The van der Waals surface area contributed by atoms with Crippen LogP contribution in [0.25, 0.3) is 0 Å². The predicted molar refractivity (Wildman–Crippen MR) is 54.3 cm³/mol. The van der Waals surface area contributed by atoms with Crippen LogP contribution in [-0.2, 0) is 4.74 Å². The van der Waals surface area contributed by atoms with E-state index in [1.54, 1.807) is 11.3 Å². The molecule has 1 N–H and O–H groups in total. The van der Waals surface area contributed by atoms with Crippen molar-refractivity contribution >= 4 is 16.5 Å². The molecule has 0 bridgehead atoms. The summed E-state index contributed by atoms with van der Waals surface area (Å²) in [6, 6.07) is 0. The van der Waals surface area contributed by atoms with Gasteiger partial charge in [-0.1, -0.05) is 0 Å². The molecule has 1 aliphatic rings. The molecule has 0 aliphatic carbocycles. The van der Waals surface area contributed by atoms with Gasteiger partial charge in [-0.15, -0.1) is 11.3 Å². The first kappa shape index (κ1) is 8.97. The summed E-state index contributed by atoms with van der Waals surface area (Å²) in [7, 11) is 0. The fourth-order valence-electron chi connectivity index (χ4n) is 1.44. The summed E-state index contributed by atoms with van der Waals surface area (Å²) in [5.41, 5.74) is 1.17. The van der Waals surface area contributed by atoms with Crippen molar-refractivity contribution in [2.24, 2.45) is 0 Å². The number of rotatable bonds is 2. The highest BCUT2D eigenvalue weighted by Crippen LogP contribution is 2.25. The second-order valence-corrected chi connectivity index (χ2v) is 4.64. The summed E-state index contributed by atoms with van der Waals surface area (Å²) in [4.78, 5) is 4.37. The third-order valence-electron chi connectivity index (χ3n) is 2.25. The molecule has 0 saturated carbocycles. The molecule has 1 aromatic heterocycles. The molecule has 2 rings (SSSR count). The largest absolute Gasteiger partial charge is 0.379 e. The van der Waals surface area contributed by atoms with Gasteiger partial charge in [0.2, 0.25) is 0 Å². The maximum atomic E-state index is 5.35. The maximum Gasteiger partial charge on any atom is 0.183 e. The topological polar surface area (TPSA) is 34.1 Å². The Balaban J connectivity index is 2.04. The number of nitrogens with zero attached hydrogens (tertiary/aromatic N) is 1. The Hall–Kier alpha value is -0.610. The highest BCUT2D eigenvalue weighted by atomic mass is 32.1. The lowest BCUT2D eigenvalue weighted by Crippen LogP contribution is -2.34. The molecule has 1 aromatic rings. The number of thiazole rings is 1. The molecule has 72 valence electrons. The van der Waals surface area contributed by atoms with Gasteiger partial charge in [0.1, 0.15) is 0 Å². The van der Waals surface area contributed by atoms with Gasteiger partial charge in [0.15, 0.2) is 5.13 Å². The van der Waals surface area contributed by atoms with E-state index in [1.165, 1.54) is 0 Å². The third kappa shape index (κ3) is 2.00. The van der Waals surface area contributed by atoms with Crippen molar-refractivity contribution in [3.8, 4) is 0 Å². The second-order valence-electron chi connectivity index (χ2n) is 3.78. The summed E-state index contributed by atoms with van der Waals surface area (Å²) in [6.07, 6.45) is 1.06. The van der Waals surface area contributed by atoms with Gasteiger partial charge in [-0.25, -0.2) is 4.98 Å². The maximum absolute atomic E-state index is 5.35. The normalized spacial score (nSPS) is 27.8. The first-order valence-electron chi connectivity index (χ1n) is 4.46. The third-order valence-corrected chi connectivity index (χ3v) is 3.12. The molecule has 3 nitrogen and oxygen atoms in total. The molecule has 1 fully saturated rings. The van der Waals surface area contributed by atoms with Crippen molar-refractivity contribution < 1.29 is 4.74 Å². The molecule has 0 aromatic carbocycles. The minimum atomic E-state index is 0.0876. The monoisotopic (exact) mass is 198 g/mol. The summed E-state index contributed by atoms with van der Waals surface area (Å²) in [5.74, 6) is 0. The van der Waals surface area contributed by atoms with Crippen LogP contribution in [0.2, 0.25) is 0 Å². The number of anilines is 1. The van der Waals surface area contributed by atoms with E-state index in [1.807, 2.05) is 6.92 Å². The Morgan fingerprint density at radius 3 is 3.08 bits per heavy atom. The lowest BCUT2D eigenvalue weighted by molar-refractivity contribution is 0.185. The Bertz CT molecular complexity index is 292. The van der Waals surface area contributed by atoms with Crippen LogP contribution >= 0.6 is 11.3 Å². The summed E-state index contributed by atoms with van der Waals surface area (Å²) in [5, 5.41) is 6.48. The Kier molecular flexibility index (Phi) is 2.26. The van der Waals surface area contributed by atoms with Gasteiger partial charge >= 0.3 is 0 Å². The number of hydrogen-bond donors (Lipinski definition) is 1. The minimum Gasteiger partial charge on any atom is -0.379 e. The van der Waals surface area contributed by atoms with Crippen molar-refractivity contribution in [1.29, 1.82) is 0 Å². The fraction of sp³-hybridized carbons (Fsp3) is 0.667. The molecule has 0 spiro atoms. The summed E-state index contributed by atoms with van der Waals surface area (Å²) in [6.45, 7) is 5.82. The van der Waals surface area contributed by atoms with Crippen molar-refractivity contribution in [2.45, 2.75) is 25.8 Å². The van der Waals surface area contributed by atoms with Crippen LogP contribution in [0.5, 0.6) is 0 Å². The molecule has 1 unspecified atom stereocenters. The summed E-state index contributed by atoms with van der Waals surface area (Å²) >= 11 is 1.66. The summed E-state index contributed by atoms with van der Waals surface area (Å²) < 4.78 is 5.35. The molecule has 1 aliphatic heterocycles. The van der Waals surface area contributed by atoms with Gasteiger partial charge in [-0.3, -0.25) is 0 Å². The average molecular weight is 198 g/mol. The lowest BCUT2D eigenvalue weighted by Gasteiger charge is -2.22. The van der Waals surface area contributed by atoms with Crippen LogP contribution in [0.4, 0.5) is 5.13 Å². The highest BCUT2D eigenvalue weighted by Gasteiger charge is 2.29. The van der Waals surface area contributed by atoms with E-state index in [0.717, 1.165) is 30.5 Å². The van der Waals surface area contributed by atoms with Gasteiger partial charge in [-0.2, -0.15) is 0 Å². The standard InChI is InChI=1S/C9H14N2OS/c1-7-5-13-8(10-7)11-9(2)3-4-12-6-9/h5H,3-4,6H2,1-2H3,(H,10,11). The molecule has 0 amide bonds. The Morgan fingerprint density at radius 1 is 1.69 bits per heavy atom. The predicted octanol–water partition coefficient (Wildman–Crippen LogP) is 2.04. The van der Waals surface area contributed by atoms with E-state index in [2.05, 4.69) is 22.6 Å². The zero-order chi connectivity index (χ0) is 9.31. The van der Waals surface area contributed by atoms with Gasteiger partial charge in [-0.05, 0) is 20.3 Å². The molecule has 4 heteroatoms. The van der Waals surface area contributed by atoms with Crippen LogP contribution in [0, 0.1) is 6.92 Å². The van der Waals surface area contributed by atoms with Crippen molar-refractivity contribution in [2.75, 3.05) is 18.5 Å². The van der Waals surface area contributed by atoms with Crippen molar-refractivity contribution in [1.82, 2.24) is 4.98 Å². The molecule has 1 saturated heterocycles. The number of aromatic nitrogens is 1. The van der Waals surface area contributed by atoms with Gasteiger partial charge in [0, 0.05) is 12.0 Å². The van der Waals surface area contributed by atoms with E-state index in [0.29, 0.717) is 0 Å². The van der Waals surface area contributed by atoms with Gasteiger partial charge < -0.3 is 10.1 Å². The Labute approximate surface area is 82.1 Å². The zero-order valence-electron chi connectivity index (χ0n) is 7.96. The molecule has 1 atom stereocenters. The van der Waals surface area contributed by atoms with Crippen LogP contribution in [0.1, 0.15) is 19.0 Å². The SMILES string of the molecule is Cc1csc(NC2(C)CCOC2)n1. The lowest BCUT2D eigenvalue weighted by atomic mass is 10.0. The molecule has 13 heavy (non-hydrogen) atoms. The van der Waals surface area contributed by atoms with Crippen LogP contribution in [0.15, 0.2) is 5.38 Å². The smallest absolute Gasteiger partial charge is 0.183 e. The first-order chi connectivity index (χ1) is 6.18. The first-order valence-corrected chi connectivity index (χ1v) is 5.34. The zero-order valence-corrected chi connectivity index (χ0v) is 8.78. The average Bonchev–Trinajstić information content (AvgIpc) is 2.62. The molecular weight excluding hydrogens is 184 g/mol. The Morgan fingerprint density at radius 2 is 2.54 bits per heavy atom. The number of nitrogens with one attached hydrogen (secondary N) is 1. The van der Waals surface area contributed by atoms with Crippen molar-refractivity contribution in [3.63, 3.8) is 0 Å². The molecule has 0 radical (unpaired) electrons. The molecular formula is C9H14N2OS. The number of aryl methyl sites for hydroxylation is 1. The van der Waals surface area contributed by atoms with Gasteiger partial charge in [0.25, 0.3) is 0 Å².